The summed E-state index contributed by atoms with van der Waals surface area (Å²) in [7, 11) is 1.58. The van der Waals surface area contributed by atoms with Gasteiger partial charge in [0, 0.05) is 35.8 Å². The monoisotopic (exact) mass is 308 g/mol. The van der Waals surface area contributed by atoms with Crippen LogP contribution < -0.4 is 10.7 Å². The van der Waals surface area contributed by atoms with Gasteiger partial charge >= 0.3 is 0 Å². The number of benzene rings is 1. The van der Waals surface area contributed by atoms with Crippen LogP contribution in [0.1, 0.15) is 6.92 Å². The molecule has 2 rings (SSSR count). The Hall–Kier alpha value is -1.85. The van der Waals surface area contributed by atoms with E-state index in [0.717, 1.165) is 0 Å². The summed E-state index contributed by atoms with van der Waals surface area (Å²) in [4.78, 5) is 23.8. The van der Waals surface area contributed by atoms with Crippen molar-refractivity contribution in [3.63, 3.8) is 0 Å². The number of methoxy groups -OCH3 is 1. The molecule has 0 saturated heterocycles. The molecule has 2 aromatic rings. The molecule has 0 saturated carbocycles. The average molecular weight is 309 g/mol. The zero-order valence-electron chi connectivity index (χ0n) is 11.9. The molecule has 1 atom stereocenters. The highest BCUT2D eigenvalue weighted by Crippen LogP contribution is 2.16. The van der Waals surface area contributed by atoms with Gasteiger partial charge in [-0.2, -0.15) is 0 Å². The lowest BCUT2D eigenvalue weighted by molar-refractivity contribution is -0.122. The van der Waals surface area contributed by atoms with Crippen molar-refractivity contribution < 1.29 is 9.53 Å². The summed E-state index contributed by atoms with van der Waals surface area (Å²) in [5.41, 5.74) is 0.552. The number of nitrogens with zero attached hydrogens (tertiary/aromatic N) is 1. The maximum atomic E-state index is 12.0. The third kappa shape index (κ3) is 3.83. The van der Waals surface area contributed by atoms with E-state index in [1.165, 1.54) is 6.07 Å². The molecule has 1 unspecified atom stereocenters. The van der Waals surface area contributed by atoms with Crippen LogP contribution in [0.3, 0.4) is 0 Å². The van der Waals surface area contributed by atoms with Gasteiger partial charge < -0.3 is 14.6 Å². The van der Waals surface area contributed by atoms with E-state index >= 15 is 0 Å². The van der Waals surface area contributed by atoms with E-state index in [-0.39, 0.29) is 23.9 Å². The molecule has 0 bridgehead atoms. The molecular weight excluding hydrogens is 292 g/mol. The summed E-state index contributed by atoms with van der Waals surface area (Å²) in [5.74, 6) is -0.149. The maximum absolute atomic E-state index is 12.0. The molecule has 21 heavy (non-hydrogen) atoms. The first kappa shape index (κ1) is 15.5. The zero-order valence-corrected chi connectivity index (χ0v) is 12.7. The first-order valence-electron chi connectivity index (χ1n) is 6.58. The van der Waals surface area contributed by atoms with E-state index in [4.69, 9.17) is 16.3 Å². The van der Waals surface area contributed by atoms with Gasteiger partial charge in [-0.3, -0.25) is 9.59 Å². The summed E-state index contributed by atoms with van der Waals surface area (Å²) in [5, 5.41) is 3.89. The second-order valence-electron chi connectivity index (χ2n) is 4.89. The molecule has 0 radical (unpaired) electrons. The normalized spacial score (nSPS) is 12.3. The molecule has 0 spiro atoms. The molecule has 1 heterocycles. The zero-order chi connectivity index (χ0) is 15.4. The van der Waals surface area contributed by atoms with Gasteiger partial charge in [0.1, 0.15) is 6.54 Å². The lowest BCUT2D eigenvalue weighted by Gasteiger charge is -2.15. The molecule has 1 aromatic heterocycles. The number of carbonyl (C=O) groups is 1. The van der Waals surface area contributed by atoms with E-state index in [9.17, 15) is 9.59 Å². The molecule has 112 valence electrons. The predicted octanol–water partition coefficient (Wildman–Crippen LogP) is 1.81. The lowest BCUT2D eigenvalue weighted by Crippen LogP contribution is -2.37. The number of hydrogen-bond acceptors (Lipinski definition) is 3. The number of amides is 1. The number of nitrogens with one attached hydrogen (secondary N) is 1. The standard InChI is InChI=1S/C15H17ClN2O3/c1-10(9-21-2)17-15(20)8-18-6-5-14(19)12-4-3-11(16)7-13(12)18/h3-7,10H,8-9H2,1-2H3,(H,17,20). The molecule has 0 aliphatic carbocycles. The Kier molecular flexibility index (Phi) is 4.98. The van der Waals surface area contributed by atoms with Crippen molar-refractivity contribution >= 4 is 28.4 Å². The molecule has 1 N–H and O–H groups in total. The Morgan fingerprint density at radius 2 is 2.19 bits per heavy atom. The van der Waals surface area contributed by atoms with Crippen molar-refractivity contribution in [3.8, 4) is 0 Å². The highest BCUT2D eigenvalue weighted by atomic mass is 35.5. The van der Waals surface area contributed by atoms with E-state index < -0.39 is 0 Å². The third-order valence-electron chi connectivity index (χ3n) is 3.08. The number of carbonyl (C=O) groups excluding carboxylic acids is 1. The number of pyridine rings is 1. The Balaban J connectivity index is 2.26. The topological polar surface area (TPSA) is 60.3 Å². The van der Waals surface area contributed by atoms with E-state index in [0.29, 0.717) is 22.5 Å². The van der Waals surface area contributed by atoms with Crippen molar-refractivity contribution in [2.75, 3.05) is 13.7 Å². The number of hydrogen-bond donors (Lipinski definition) is 1. The van der Waals surface area contributed by atoms with E-state index in [1.54, 1.807) is 36.1 Å². The second-order valence-corrected chi connectivity index (χ2v) is 5.33. The summed E-state index contributed by atoms with van der Waals surface area (Å²) >= 11 is 5.97. The highest BCUT2D eigenvalue weighted by molar-refractivity contribution is 6.31. The highest BCUT2D eigenvalue weighted by Gasteiger charge is 2.10. The number of ether oxygens (including phenoxy) is 1. The van der Waals surface area contributed by atoms with Crippen LogP contribution >= 0.6 is 11.6 Å². The van der Waals surface area contributed by atoms with Gasteiger partial charge in [0.25, 0.3) is 0 Å². The van der Waals surface area contributed by atoms with Crippen molar-refractivity contribution in [1.29, 1.82) is 0 Å². The van der Waals surface area contributed by atoms with Gasteiger partial charge in [-0.1, -0.05) is 11.6 Å². The van der Waals surface area contributed by atoms with Crippen LogP contribution in [-0.2, 0) is 16.1 Å². The summed E-state index contributed by atoms with van der Waals surface area (Å²) in [6, 6.07) is 6.39. The van der Waals surface area contributed by atoms with Crippen molar-refractivity contribution in [2.45, 2.75) is 19.5 Å². The van der Waals surface area contributed by atoms with Crippen LogP contribution in [0, 0.1) is 0 Å². The van der Waals surface area contributed by atoms with Crippen LogP contribution in [-0.4, -0.2) is 30.2 Å². The van der Waals surface area contributed by atoms with Gasteiger partial charge in [0.15, 0.2) is 5.43 Å². The van der Waals surface area contributed by atoms with Crippen LogP contribution in [0.15, 0.2) is 35.3 Å². The summed E-state index contributed by atoms with van der Waals surface area (Å²) in [6.45, 7) is 2.43. The van der Waals surface area contributed by atoms with Crippen molar-refractivity contribution in [3.05, 3.63) is 45.7 Å². The van der Waals surface area contributed by atoms with Gasteiger partial charge in [0.2, 0.25) is 5.91 Å². The number of halogens is 1. The molecule has 5 nitrogen and oxygen atoms in total. The van der Waals surface area contributed by atoms with Crippen LogP contribution in [0.2, 0.25) is 5.02 Å². The molecule has 0 fully saturated rings. The largest absolute Gasteiger partial charge is 0.383 e. The van der Waals surface area contributed by atoms with Crippen LogP contribution in [0.4, 0.5) is 0 Å². The first-order chi connectivity index (χ1) is 10.0. The number of fused-ring (bicyclic) bond motifs is 1. The maximum Gasteiger partial charge on any atom is 0.240 e. The Labute approximate surface area is 127 Å². The lowest BCUT2D eigenvalue weighted by atomic mass is 10.2. The second kappa shape index (κ2) is 6.74. The van der Waals surface area contributed by atoms with Gasteiger partial charge in [-0.15, -0.1) is 0 Å². The van der Waals surface area contributed by atoms with Crippen LogP contribution in [0.25, 0.3) is 10.9 Å². The molecular formula is C15H17ClN2O3. The fraction of sp³-hybridized carbons (Fsp3) is 0.333. The Morgan fingerprint density at radius 1 is 1.43 bits per heavy atom. The van der Waals surface area contributed by atoms with Crippen LogP contribution in [0.5, 0.6) is 0 Å². The van der Waals surface area contributed by atoms with Gasteiger partial charge in [0.05, 0.1) is 12.1 Å². The third-order valence-corrected chi connectivity index (χ3v) is 3.31. The Bertz CT molecular complexity index is 712. The quantitative estimate of drug-likeness (QED) is 0.916. The first-order valence-corrected chi connectivity index (χ1v) is 6.96. The fourth-order valence-corrected chi connectivity index (χ4v) is 2.35. The smallest absolute Gasteiger partial charge is 0.240 e. The van der Waals surface area contributed by atoms with Crippen molar-refractivity contribution in [2.24, 2.45) is 0 Å². The molecule has 1 amide bonds. The molecule has 0 aliphatic rings. The van der Waals surface area contributed by atoms with E-state index in [1.807, 2.05) is 6.92 Å². The Morgan fingerprint density at radius 3 is 2.90 bits per heavy atom. The predicted molar refractivity (Wildman–Crippen MR) is 82.7 cm³/mol. The fourth-order valence-electron chi connectivity index (χ4n) is 2.18. The number of aromatic nitrogens is 1. The van der Waals surface area contributed by atoms with Crippen molar-refractivity contribution in [1.82, 2.24) is 9.88 Å². The SMILES string of the molecule is COCC(C)NC(=O)Cn1ccc(=O)c2ccc(Cl)cc21. The average Bonchev–Trinajstić information content (AvgIpc) is 2.42. The molecule has 6 heteroatoms. The molecule has 1 aromatic carbocycles. The minimum Gasteiger partial charge on any atom is -0.383 e. The minimum atomic E-state index is -0.149. The number of rotatable bonds is 5. The van der Waals surface area contributed by atoms with Gasteiger partial charge in [-0.25, -0.2) is 0 Å². The van der Waals surface area contributed by atoms with E-state index in [2.05, 4.69) is 5.32 Å². The van der Waals surface area contributed by atoms with Gasteiger partial charge in [-0.05, 0) is 25.1 Å². The summed E-state index contributed by atoms with van der Waals surface area (Å²) in [6.07, 6.45) is 1.60. The molecule has 0 aliphatic heterocycles. The minimum absolute atomic E-state index is 0.0725. The summed E-state index contributed by atoms with van der Waals surface area (Å²) < 4.78 is 6.68.